The molecule has 2 heteroatoms. The van der Waals surface area contributed by atoms with Gasteiger partial charge in [-0.3, -0.25) is 0 Å². The van der Waals surface area contributed by atoms with E-state index in [1.54, 1.807) is 0 Å². The lowest BCUT2D eigenvalue weighted by molar-refractivity contribution is -0.0416. The van der Waals surface area contributed by atoms with E-state index in [0.29, 0.717) is 0 Å². The quantitative estimate of drug-likeness (QED) is 0.458. The molecule has 0 aromatic rings. The molecular weight excluding hydrogens is 92.1 g/mol. The van der Waals surface area contributed by atoms with E-state index in [-0.39, 0.29) is 0 Å². The minimum absolute atomic E-state index is 0.889. The summed E-state index contributed by atoms with van der Waals surface area (Å²) in [6, 6.07) is 0. The van der Waals surface area contributed by atoms with E-state index in [0.717, 1.165) is 25.2 Å². The maximum absolute atomic E-state index is 8.39. The third-order valence-corrected chi connectivity index (χ3v) is 1.36. The highest BCUT2D eigenvalue weighted by atomic mass is 16.5. The first-order valence-electron chi connectivity index (χ1n) is 2.51. The summed E-state index contributed by atoms with van der Waals surface area (Å²) in [5.41, 5.74) is 0. The summed E-state index contributed by atoms with van der Waals surface area (Å²) in [5, 5.41) is 16.8. The summed E-state index contributed by atoms with van der Waals surface area (Å²) < 4.78 is 0. The van der Waals surface area contributed by atoms with Crippen LogP contribution in [0.1, 0.15) is 19.3 Å². The van der Waals surface area contributed by atoms with Gasteiger partial charge in [0.25, 0.3) is 0 Å². The van der Waals surface area contributed by atoms with Crippen LogP contribution in [0.2, 0.25) is 0 Å². The van der Waals surface area contributed by atoms with E-state index in [1.165, 1.54) is 0 Å². The second-order valence-corrected chi connectivity index (χ2v) is 1.89. The van der Waals surface area contributed by atoms with E-state index in [2.05, 4.69) is 0 Å². The lowest BCUT2D eigenvalue weighted by atomic mass is 9.85. The number of aliphatic hydroxyl groups excluding tert-OH is 1. The molecule has 7 heavy (non-hydrogen) atoms. The minimum atomic E-state index is -1.13. The maximum Gasteiger partial charge on any atom is 0.157 e. The summed E-state index contributed by atoms with van der Waals surface area (Å²) in [6.07, 6.45) is 1.83. The number of rotatable bonds is 1. The molecule has 0 atom stereocenters. The van der Waals surface area contributed by atoms with Crippen LogP contribution < -0.4 is 0 Å². The van der Waals surface area contributed by atoms with Crippen LogP contribution >= 0.6 is 0 Å². The van der Waals surface area contributed by atoms with Crippen molar-refractivity contribution < 1.29 is 10.2 Å². The maximum atomic E-state index is 8.39. The number of aliphatic hydroxyl groups is 2. The Morgan fingerprint density at radius 3 is 1.86 bits per heavy atom. The smallest absolute Gasteiger partial charge is 0.157 e. The normalized spacial score (nSPS) is 22.7. The van der Waals surface area contributed by atoms with Crippen molar-refractivity contribution in [1.82, 2.24) is 0 Å². The van der Waals surface area contributed by atoms with Gasteiger partial charge in [-0.05, 0) is 12.8 Å². The highest BCUT2D eigenvalue weighted by Gasteiger charge is 2.23. The van der Waals surface area contributed by atoms with Crippen molar-refractivity contribution in [1.29, 1.82) is 0 Å². The fraction of sp³-hybridized carbons (Fsp3) is 0.800. The van der Waals surface area contributed by atoms with Gasteiger partial charge in [-0.2, -0.15) is 0 Å². The van der Waals surface area contributed by atoms with Crippen LogP contribution in [-0.2, 0) is 0 Å². The molecule has 0 saturated heterocycles. The van der Waals surface area contributed by atoms with Gasteiger partial charge in [0.2, 0.25) is 0 Å². The minimum Gasteiger partial charge on any atom is -0.368 e. The Hall–Kier alpha value is -0.0800. The molecule has 0 bridgehead atoms. The van der Waals surface area contributed by atoms with Crippen LogP contribution in [0.3, 0.4) is 0 Å². The molecule has 0 heterocycles. The third-order valence-electron chi connectivity index (χ3n) is 1.36. The monoisotopic (exact) mass is 101 g/mol. The lowest BCUT2D eigenvalue weighted by Gasteiger charge is -2.25. The summed E-state index contributed by atoms with van der Waals surface area (Å²) in [5.74, 6) is 0.889. The predicted molar refractivity (Wildman–Crippen MR) is 25.3 cm³/mol. The Labute approximate surface area is 42.8 Å². The zero-order valence-electron chi connectivity index (χ0n) is 4.09. The van der Waals surface area contributed by atoms with E-state index in [9.17, 15) is 0 Å². The standard InChI is InChI=1S/C5H9O2/c6-5(7)4-2-1-3-4/h5-7H,1-3H2. The molecule has 1 aliphatic rings. The molecule has 1 rings (SSSR count). The molecule has 0 spiro atoms. The molecule has 0 aliphatic heterocycles. The van der Waals surface area contributed by atoms with E-state index in [1.807, 2.05) is 0 Å². The molecule has 2 N–H and O–H groups in total. The fourth-order valence-electron chi connectivity index (χ4n) is 0.639. The predicted octanol–water partition coefficient (Wildman–Crippen LogP) is 0.0555. The van der Waals surface area contributed by atoms with Crippen LogP contribution in [0.4, 0.5) is 0 Å². The zero-order valence-corrected chi connectivity index (χ0v) is 4.09. The Morgan fingerprint density at radius 1 is 1.29 bits per heavy atom. The summed E-state index contributed by atoms with van der Waals surface area (Å²) >= 11 is 0. The molecule has 1 fully saturated rings. The topological polar surface area (TPSA) is 40.5 Å². The first kappa shape index (κ1) is 5.06. The second-order valence-electron chi connectivity index (χ2n) is 1.89. The molecule has 0 amide bonds. The summed E-state index contributed by atoms with van der Waals surface area (Å²) in [6.45, 7) is 0. The van der Waals surface area contributed by atoms with Crippen molar-refractivity contribution in [2.24, 2.45) is 0 Å². The highest BCUT2D eigenvalue weighted by molar-refractivity contribution is 4.99. The second kappa shape index (κ2) is 1.80. The summed E-state index contributed by atoms with van der Waals surface area (Å²) in [7, 11) is 0. The van der Waals surface area contributed by atoms with Crippen LogP contribution in [0.25, 0.3) is 0 Å². The molecule has 0 aromatic heterocycles. The fourth-order valence-corrected chi connectivity index (χ4v) is 0.639. The van der Waals surface area contributed by atoms with E-state index < -0.39 is 6.29 Å². The van der Waals surface area contributed by atoms with E-state index >= 15 is 0 Å². The summed E-state index contributed by atoms with van der Waals surface area (Å²) in [4.78, 5) is 0. The first-order valence-corrected chi connectivity index (χ1v) is 2.51. The van der Waals surface area contributed by atoms with E-state index in [4.69, 9.17) is 10.2 Å². The van der Waals surface area contributed by atoms with Crippen molar-refractivity contribution >= 4 is 0 Å². The van der Waals surface area contributed by atoms with Crippen molar-refractivity contribution in [3.8, 4) is 0 Å². The SMILES string of the molecule is OC(O)[C]1CCC1. The van der Waals surface area contributed by atoms with Gasteiger partial charge in [0, 0.05) is 5.92 Å². The number of hydrogen-bond acceptors (Lipinski definition) is 2. The highest BCUT2D eigenvalue weighted by Crippen LogP contribution is 2.30. The van der Waals surface area contributed by atoms with Gasteiger partial charge < -0.3 is 10.2 Å². The van der Waals surface area contributed by atoms with Crippen LogP contribution in [0, 0.1) is 5.92 Å². The van der Waals surface area contributed by atoms with Crippen molar-refractivity contribution in [3.63, 3.8) is 0 Å². The van der Waals surface area contributed by atoms with Gasteiger partial charge >= 0.3 is 0 Å². The molecule has 1 radical (unpaired) electrons. The molecule has 1 saturated carbocycles. The van der Waals surface area contributed by atoms with Crippen molar-refractivity contribution in [3.05, 3.63) is 5.92 Å². The molecular formula is C5H9O2. The molecule has 0 unspecified atom stereocenters. The molecule has 41 valence electrons. The third kappa shape index (κ3) is 0.924. The first-order chi connectivity index (χ1) is 3.30. The lowest BCUT2D eigenvalue weighted by Crippen LogP contribution is -2.23. The Kier molecular flexibility index (Phi) is 1.30. The van der Waals surface area contributed by atoms with Gasteiger partial charge in [0.05, 0.1) is 0 Å². The van der Waals surface area contributed by atoms with Crippen molar-refractivity contribution in [2.45, 2.75) is 25.6 Å². The largest absolute Gasteiger partial charge is 0.368 e. The van der Waals surface area contributed by atoms with Gasteiger partial charge in [-0.15, -0.1) is 0 Å². The Balaban J connectivity index is 2.14. The average molecular weight is 101 g/mol. The zero-order chi connectivity index (χ0) is 5.28. The van der Waals surface area contributed by atoms with Gasteiger partial charge in [0.15, 0.2) is 6.29 Å². The Bertz CT molecular complexity index is 57.1. The van der Waals surface area contributed by atoms with Crippen LogP contribution in [0.5, 0.6) is 0 Å². The van der Waals surface area contributed by atoms with Gasteiger partial charge in [-0.1, -0.05) is 6.42 Å². The average Bonchev–Trinajstić information content (AvgIpc) is 1.23. The van der Waals surface area contributed by atoms with Crippen LogP contribution in [0.15, 0.2) is 0 Å². The van der Waals surface area contributed by atoms with Crippen molar-refractivity contribution in [2.75, 3.05) is 0 Å². The van der Waals surface area contributed by atoms with Crippen LogP contribution in [-0.4, -0.2) is 16.5 Å². The van der Waals surface area contributed by atoms with Gasteiger partial charge in [0.1, 0.15) is 0 Å². The van der Waals surface area contributed by atoms with Gasteiger partial charge in [-0.25, -0.2) is 0 Å². The Morgan fingerprint density at radius 2 is 1.86 bits per heavy atom. The molecule has 2 nitrogen and oxygen atoms in total. The number of hydrogen-bond donors (Lipinski definition) is 2. The molecule has 0 aromatic carbocycles. The molecule has 1 aliphatic carbocycles.